The highest BCUT2D eigenvalue weighted by molar-refractivity contribution is 8.00. The Morgan fingerprint density at radius 3 is 2.35 bits per heavy atom. The standard InChI is InChI=1S/C16H33N3S/c1-4-8-18-9-6-16(14-17,7-10-18)19-11-5-15(2,3)20-13-12-19/h4-14,17H2,1-3H3. The molecule has 2 rings (SSSR count). The topological polar surface area (TPSA) is 32.5 Å². The van der Waals surface area contributed by atoms with Gasteiger partial charge in [-0.15, -0.1) is 0 Å². The average molecular weight is 300 g/mol. The van der Waals surface area contributed by atoms with E-state index in [-0.39, 0.29) is 5.54 Å². The van der Waals surface area contributed by atoms with Crippen molar-refractivity contribution >= 4 is 11.8 Å². The molecule has 2 aliphatic heterocycles. The van der Waals surface area contributed by atoms with E-state index in [1.165, 1.54) is 64.2 Å². The number of likely N-dealkylation sites (tertiary alicyclic amines) is 1. The smallest absolute Gasteiger partial charge is 0.0356 e. The summed E-state index contributed by atoms with van der Waals surface area (Å²) >= 11 is 2.13. The van der Waals surface area contributed by atoms with E-state index in [1.54, 1.807) is 0 Å². The van der Waals surface area contributed by atoms with Gasteiger partial charge in [-0.2, -0.15) is 11.8 Å². The molecule has 118 valence electrons. The Hall–Kier alpha value is 0.230. The summed E-state index contributed by atoms with van der Waals surface area (Å²) in [7, 11) is 0. The van der Waals surface area contributed by atoms with Crippen molar-refractivity contribution in [3.63, 3.8) is 0 Å². The van der Waals surface area contributed by atoms with Gasteiger partial charge in [0.25, 0.3) is 0 Å². The normalized spacial score (nSPS) is 28.2. The molecule has 0 aromatic heterocycles. The number of rotatable bonds is 4. The lowest BCUT2D eigenvalue weighted by Gasteiger charge is -2.48. The van der Waals surface area contributed by atoms with Crippen molar-refractivity contribution < 1.29 is 0 Å². The van der Waals surface area contributed by atoms with Crippen LogP contribution in [-0.2, 0) is 0 Å². The van der Waals surface area contributed by atoms with Crippen LogP contribution < -0.4 is 5.73 Å². The van der Waals surface area contributed by atoms with E-state index >= 15 is 0 Å². The van der Waals surface area contributed by atoms with Crippen LogP contribution in [0.2, 0.25) is 0 Å². The Balaban J connectivity index is 1.97. The van der Waals surface area contributed by atoms with E-state index in [0.717, 1.165) is 6.54 Å². The first kappa shape index (κ1) is 16.6. The lowest BCUT2D eigenvalue weighted by molar-refractivity contribution is 0.0303. The molecule has 3 nitrogen and oxygen atoms in total. The molecular weight excluding hydrogens is 266 g/mol. The monoisotopic (exact) mass is 299 g/mol. The Labute approximate surface area is 129 Å². The number of thioether (sulfide) groups is 1. The average Bonchev–Trinajstić information content (AvgIpc) is 2.62. The zero-order chi connectivity index (χ0) is 14.6. The first-order valence-electron chi connectivity index (χ1n) is 8.33. The van der Waals surface area contributed by atoms with Gasteiger partial charge in [-0.1, -0.05) is 20.8 Å². The molecule has 20 heavy (non-hydrogen) atoms. The molecule has 2 aliphatic rings. The molecule has 0 atom stereocenters. The maximum absolute atomic E-state index is 6.24. The van der Waals surface area contributed by atoms with Gasteiger partial charge in [0.15, 0.2) is 0 Å². The first-order chi connectivity index (χ1) is 9.51. The third-order valence-corrected chi connectivity index (χ3v) is 6.59. The fourth-order valence-corrected chi connectivity index (χ4v) is 4.75. The van der Waals surface area contributed by atoms with Crippen molar-refractivity contribution in [2.75, 3.05) is 45.0 Å². The van der Waals surface area contributed by atoms with Gasteiger partial charge in [-0.25, -0.2) is 0 Å². The van der Waals surface area contributed by atoms with Crippen LogP contribution in [0.1, 0.15) is 46.5 Å². The predicted molar refractivity (Wildman–Crippen MR) is 90.5 cm³/mol. The maximum atomic E-state index is 6.24. The van der Waals surface area contributed by atoms with Gasteiger partial charge < -0.3 is 10.6 Å². The molecule has 0 radical (unpaired) electrons. The Bertz CT molecular complexity index is 298. The molecule has 2 heterocycles. The quantitative estimate of drug-likeness (QED) is 0.864. The van der Waals surface area contributed by atoms with E-state index in [1.807, 2.05) is 0 Å². The summed E-state index contributed by atoms with van der Waals surface area (Å²) in [6, 6.07) is 0. The predicted octanol–water partition coefficient (Wildman–Crippen LogP) is 2.41. The summed E-state index contributed by atoms with van der Waals surface area (Å²) in [5.74, 6) is 1.26. The molecule has 0 aliphatic carbocycles. The number of hydrogen-bond acceptors (Lipinski definition) is 4. The van der Waals surface area contributed by atoms with Crippen LogP contribution in [-0.4, -0.2) is 65.1 Å². The van der Waals surface area contributed by atoms with E-state index < -0.39 is 0 Å². The van der Waals surface area contributed by atoms with Gasteiger partial charge in [-0.3, -0.25) is 4.90 Å². The SMILES string of the molecule is CCCN1CCC(CN)(N2CCSC(C)(C)CC2)CC1. The number of nitrogens with zero attached hydrogens (tertiary/aromatic N) is 2. The zero-order valence-electron chi connectivity index (χ0n) is 13.7. The summed E-state index contributed by atoms with van der Waals surface area (Å²) in [5.41, 5.74) is 6.52. The van der Waals surface area contributed by atoms with Crippen molar-refractivity contribution in [1.82, 2.24) is 9.80 Å². The van der Waals surface area contributed by atoms with Crippen molar-refractivity contribution in [3.05, 3.63) is 0 Å². The minimum atomic E-state index is 0.283. The van der Waals surface area contributed by atoms with E-state index in [2.05, 4.69) is 42.3 Å². The highest BCUT2D eigenvalue weighted by Crippen LogP contribution is 2.35. The van der Waals surface area contributed by atoms with Gasteiger partial charge in [0.2, 0.25) is 0 Å². The lowest BCUT2D eigenvalue weighted by atomic mass is 9.85. The number of piperidine rings is 1. The molecule has 0 unspecified atom stereocenters. The Kier molecular flexibility index (Phi) is 5.80. The molecule has 0 aromatic rings. The molecule has 2 N–H and O–H groups in total. The maximum Gasteiger partial charge on any atom is 0.0356 e. The van der Waals surface area contributed by atoms with E-state index in [9.17, 15) is 0 Å². The van der Waals surface area contributed by atoms with Crippen LogP contribution in [0.5, 0.6) is 0 Å². The fraction of sp³-hybridized carbons (Fsp3) is 1.00. The molecule has 0 bridgehead atoms. The fourth-order valence-electron chi connectivity index (χ4n) is 3.65. The van der Waals surface area contributed by atoms with Crippen molar-refractivity contribution in [1.29, 1.82) is 0 Å². The van der Waals surface area contributed by atoms with Gasteiger partial charge in [0.05, 0.1) is 0 Å². The second-order valence-corrected chi connectivity index (χ2v) is 8.92. The highest BCUT2D eigenvalue weighted by atomic mass is 32.2. The Morgan fingerprint density at radius 1 is 1.05 bits per heavy atom. The van der Waals surface area contributed by atoms with Crippen molar-refractivity contribution in [2.45, 2.75) is 56.7 Å². The summed E-state index contributed by atoms with van der Waals surface area (Å²) in [5, 5.41) is 0. The highest BCUT2D eigenvalue weighted by Gasteiger charge is 2.40. The van der Waals surface area contributed by atoms with Gasteiger partial charge in [0, 0.05) is 35.7 Å². The minimum absolute atomic E-state index is 0.283. The summed E-state index contributed by atoms with van der Waals surface area (Å²) in [6.07, 6.45) is 5.07. The van der Waals surface area contributed by atoms with Gasteiger partial charge >= 0.3 is 0 Å². The minimum Gasteiger partial charge on any atom is -0.329 e. The van der Waals surface area contributed by atoms with Crippen LogP contribution in [0, 0.1) is 0 Å². The molecule has 2 fully saturated rings. The van der Waals surface area contributed by atoms with Crippen LogP contribution in [0.4, 0.5) is 0 Å². The van der Waals surface area contributed by atoms with Crippen molar-refractivity contribution in [2.24, 2.45) is 5.73 Å². The van der Waals surface area contributed by atoms with Crippen LogP contribution >= 0.6 is 11.8 Å². The van der Waals surface area contributed by atoms with Crippen LogP contribution in [0.15, 0.2) is 0 Å². The number of hydrogen-bond donors (Lipinski definition) is 1. The molecule has 0 saturated carbocycles. The first-order valence-corrected chi connectivity index (χ1v) is 9.31. The van der Waals surface area contributed by atoms with E-state index in [4.69, 9.17) is 5.73 Å². The van der Waals surface area contributed by atoms with Gasteiger partial charge in [-0.05, 0) is 45.3 Å². The third-order valence-electron chi connectivity index (χ3n) is 5.22. The Morgan fingerprint density at radius 2 is 1.75 bits per heavy atom. The second-order valence-electron chi connectivity index (χ2n) is 7.12. The lowest BCUT2D eigenvalue weighted by Crippen LogP contribution is -2.60. The van der Waals surface area contributed by atoms with Crippen molar-refractivity contribution in [3.8, 4) is 0 Å². The summed E-state index contributed by atoms with van der Waals surface area (Å²) in [4.78, 5) is 5.35. The largest absolute Gasteiger partial charge is 0.329 e. The molecule has 0 spiro atoms. The number of nitrogens with two attached hydrogens (primary N) is 1. The third kappa shape index (κ3) is 3.90. The molecular formula is C16H33N3S. The zero-order valence-corrected chi connectivity index (χ0v) is 14.5. The molecule has 0 aromatic carbocycles. The van der Waals surface area contributed by atoms with E-state index in [0.29, 0.717) is 4.75 Å². The summed E-state index contributed by atoms with van der Waals surface area (Å²) in [6.45, 7) is 14.1. The van der Waals surface area contributed by atoms with Crippen LogP contribution in [0.3, 0.4) is 0 Å². The molecule has 0 amide bonds. The van der Waals surface area contributed by atoms with Crippen LogP contribution in [0.25, 0.3) is 0 Å². The molecule has 2 saturated heterocycles. The molecule has 4 heteroatoms. The summed E-state index contributed by atoms with van der Waals surface area (Å²) < 4.78 is 0.438. The second kappa shape index (κ2) is 6.99. The van der Waals surface area contributed by atoms with Gasteiger partial charge in [0.1, 0.15) is 0 Å².